The zero-order valence-electron chi connectivity index (χ0n) is 59.8. The smallest absolute Gasteiger partial charge is 0.235 e. The van der Waals surface area contributed by atoms with Gasteiger partial charge in [-0.1, -0.05) is 231 Å². The fourth-order valence-corrected chi connectivity index (χ4v) is 17.7. The molecule has 0 aliphatic rings. The molecule has 0 saturated carbocycles. The van der Waals surface area contributed by atoms with Crippen LogP contribution in [-0.4, -0.2) is 47.6 Å². The monoisotopic (exact) mass is 1410 g/mol. The number of imidazole rings is 1. The van der Waals surface area contributed by atoms with Crippen molar-refractivity contribution in [2.45, 2.75) is 0 Å². The number of benzene rings is 15. The lowest BCUT2D eigenvalue weighted by Gasteiger charge is -2.12. The second-order valence-electron chi connectivity index (χ2n) is 28.7. The normalized spacial score (nSPS) is 12.0. The van der Waals surface area contributed by atoms with Crippen LogP contribution in [0.5, 0.6) is 0 Å². The first-order chi connectivity index (χ1) is 55.1. The van der Waals surface area contributed by atoms with Crippen molar-refractivity contribution in [2.24, 2.45) is 0 Å². The quantitative estimate of drug-likeness (QED) is 0.141. The Morgan fingerprint density at radius 1 is 0.207 bits per heavy atom. The van der Waals surface area contributed by atoms with E-state index in [0.29, 0.717) is 5.95 Å². The highest BCUT2D eigenvalue weighted by Crippen LogP contribution is 2.44. The van der Waals surface area contributed by atoms with Crippen molar-refractivity contribution in [3.8, 4) is 67.6 Å². The van der Waals surface area contributed by atoms with E-state index in [9.17, 15) is 0 Å². The summed E-state index contributed by atoms with van der Waals surface area (Å²) < 4.78 is 11.6. The van der Waals surface area contributed by atoms with Crippen molar-refractivity contribution in [1.29, 1.82) is 0 Å². The third-order valence-electron chi connectivity index (χ3n) is 22.7. The van der Waals surface area contributed by atoms with E-state index in [2.05, 4.69) is 373 Å². The summed E-state index contributed by atoms with van der Waals surface area (Å²) in [6.45, 7) is 0. The molecule has 9 aromatic heterocycles. The molecule has 0 N–H and O–H groups in total. The maximum atomic E-state index is 5.36. The van der Waals surface area contributed by atoms with Gasteiger partial charge in [-0.2, -0.15) is 0 Å². The molecular formula is C101H62N10. The molecule has 24 rings (SSSR count). The Morgan fingerprint density at radius 3 is 1.29 bits per heavy atom. The molecule has 0 fully saturated rings. The summed E-state index contributed by atoms with van der Waals surface area (Å²) in [6.07, 6.45) is 5.88. The second kappa shape index (κ2) is 24.7. The van der Waals surface area contributed by atoms with Gasteiger partial charge >= 0.3 is 0 Å². The minimum atomic E-state index is 0.649. The Balaban J connectivity index is 0.000000133. The number of aromatic nitrogens is 10. The Morgan fingerprint density at radius 2 is 0.649 bits per heavy atom. The Hall–Kier alpha value is -15.1. The van der Waals surface area contributed by atoms with Crippen molar-refractivity contribution < 1.29 is 0 Å². The van der Waals surface area contributed by atoms with Crippen LogP contribution in [-0.2, 0) is 0 Å². The van der Waals surface area contributed by atoms with Gasteiger partial charge in [-0.25, -0.2) is 15.0 Å². The Kier molecular flexibility index (Phi) is 13.8. The molecule has 0 saturated heterocycles. The van der Waals surface area contributed by atoms with E-state index in [1.54, 1.807) is 0 Å². The fraction of sp³-hybridized carbons (Fsp3) is 0. The van der Waals surface area contributed by atoms with Gasteiger partial charge in [-0.05, 0) is 166 Å². The summed E-state index contributed by atoms with van der Waals surface area (Å²) in [6, 6.07) is 128. The van der Waals surface area contributed by atoms with E-state index >= 15 is 0 Å². The molecule has 24 aromatic rings. The lowest BCUT2D eigenvalue weighted by molar-refractivity contribution is 1.01. The number of hydrogen-bond acceptors (Lipinski definition) is 5. The van der Waals surface area contributed by atoms with Gasteiger partial charge < -0.3 is 13.7 Å². The molecule has 0 aliphatic heterocycles. The highest BCUT2D eigenvalue weighted by atomic mass is 15.2. The number of hydrogen-bond donors (Lipinski definition) is 0. The Bertz CT molecular complexity index is 7940. The third kappa shape index (κ3) is 9.74. The van der Waals surface area contributed by atoms with E-state index in [1.165, 1.54) is 81.9 Å². The number of rotatable bonds is 8. The summed E-state index contributed by atoms with van der Waals surface area (Å²) in [4.78, 5) is 25.1. The van der Waals surface area contributed by atoms with Crippen LogP contribution in [0.4, 0.5) is 0 Å². The molecule has 0 atom stereocenters. The molecule has 0 aliphatic carbocycles. The maximum Gasteiger partial charge on any atom is 0.235 e. The second-order valence-corrected chi connectivity index (χ2v) is 28.7. The molecule has 0 bridgehead atoms. The molecule has 15 aromatic carbocycles. The maximum absolute atomic E-state index is 5.36. The molecule has 111 heavy (non-hydrogen) atoms. The summed E-state index contributed by atoms with van der Waals surface area (Å²) in [5, 5.41) is 15.4. The number of nitrogens with zero attached hydrogens (tertiary/aromatic N) is 10. The fourth-order valence-electron chi connectivity index (χ4n) is 17.7. The molecule has 0 spiro atoms. The summed E-state index contributed by atoms with van der Waals surface area (Å²) >= 11 is 0. The van der Waals surface area contributed by atoms with Gasteiger partial charge in [0.15, 0.2) is 0 Å². The van der Waals surface area contributed by atoms with E-state index in [-0.39, 0.29) is 0 Å². The van der Waals surface area contributed by atoms with Gasteiger partial charge in [0.25, 0.3) is 0 Å². The highest BCUT2D eigenvalue weighted by Gasteiger charge is 2.23. The van der Waals surface area contributed by atoms with Gasteiger partial charge in [0, 0.05) is 93.5 Å². The van der Waals surface area contributed by atoms with Gasteiger partial charge in [-0.15, -0.1) is 0 Å². The Labute approximate surface area is 635 Å². The molecule has 10 heteroatoms. The lowest BCUT2D eigenvalue weighted by atomic mass is 10.00. The van der Waals surface area contributed by atoms with Crippen molar-refractivity contribution in [1.82, 2.24) is 47.6 Å². The SMILES string of the molecule is c1ccc(-c2ccc(-c3nc(-n4c5ccccc5c5cc(-c6ccc7c(c6)c6c8ccccc8ncc6n7-c6ccccc6)ccc54)nc4ccccc34)cc2)cc1.c1ccc(-n2c3ccc(-c4ccc5c(c4)c4ccccc4n5-c4ccc5nc6c7ccccc7c7ccccc7n6c5c4)cc3c3ccncc32)cc1. The molecule has 0 radical (unpaired) electrons. The van der Waals surface area contributed by atoms with Crippen LogP contribution in [0.1, 0.15) is 0 Å². The number of para-hydroxylation sites is 7. The van der Waals surface area contributed by atoms with Crippen molar-refractivity contribution >= 4 is 147 Å². The minimum absolute atomic E-state index is 0.649. The molecule has 10 nitrogen and oxygen atoms in total. The summed E-state index contributed by atoms with van der Waals surface area (Å²) in [7, 11) is 0. The zero-order valence-corrected chi connectivity index (χ0v) is 59.8. The predicted molar refractivity (Wildman–Crippen MR) is 459 cm³/mol. The molecule has 0 amide bonds. The first-order valence-electron chi connectivity index (χ1n) is 37.6. The highest BCUT2D eigenvalue weighted by molar-refractivity contribution is 6.22. The van der Waals surface area contributed by atoms with Crippen LogP contribution in [0, 0.1) is 0 Å². The average Bonchev–Trinajstić information content (AvgIpc) is 1.58. The van der Waals surface area contributed by atoms with Crippen LogP contribution in [0.15, 0.2) is 377 Å². The van der Waals surface area contributed by atoms with E-state index in [4.69, 9.17) is 19.9 Å². The summed E-state index contributed by atoms with van der Waals surface area (Å²) in [5.74, 6) is 0.649. The number of fused-ring (bicyclic) bond motifs is 23. The van der Waals surface area contributed by atoms with Crippen LogP contribution in [0.3, 0.4) is 0 Å². The van der Waals surface area contributed by atoms with E-state index in [1.807, 2.05) is 30.7 Å². The molecular weight excluding hydrogens is 1350 g/mol. The third-order valence-corrected chi connectivity index (χ3v) is 22.7. The van der Waals surface area contributed by atoms with Crippen molar-refractivity contribution in [2.75, 3.05) is 0 Å². The molecule has 9 heterocycles. The average molecular weight is 1420 g/mol. The minimum Gasteiger partial charge on any atom is -0.309 e. The summed E-state index contributed by atoms with van der Waals surface area (Å²) in [5.41, 5.74) is 27.5. The van der Waals surface area contributed by atoms with Gasteiger partial charge in [-0.3, -0.25) is 18.9 Å². The first kappa shape index (κ1) is 62.1. The van der Waals surface area contributed by atoms with Crippen LogP contribution < -0.4 is 0 Å². The van der Waals surface area contributed by atoms with Crippen molar-refractivity contribution in [3.05, 3.63) is 377 Å². The zero-order chi connectivity index (χ0) is 72.8. The van der Waals surface area contributed by atoms with Crippen LogP contribution >= 0.6 is 0 Å². The van der Waals surface area contributed by atoms with E-state index < -0.39 is 0 Å². The van der Waals surface area contributed by atoms with Crippen LogP contribution in [0.25, 0.3) is 215 Å². The van der Waals surface area contributed by atoms with Crippen molar-refractivity contribution in [3.63, 3.8) is 0 Å². The first-order valence-corrected chi connectivity index (χ1v) is 37.6. The van der Waals surface area contributed by atoms with Gasteiger partial charge in [0.1, 0.15) is 5.65 Å². The van der Waals surface area contributed by atoms with E-state index in [0.717, 1.165) is 127 Å². The van der Waals surface area contributed by atoms with Crippen LogP contribution in [0.2, 0.25) is 0 Å². The molecule has 516 valence electrons. The van der Waals surface area contributed by atoms with Gasteiger partial charge in [0.05, 0.1) is 89.8 Å². The van der Waals surface area contributed by atoms with Gasteiger partial charge in [0.2, 0.25) is 5.95 Å². The largest absolute Gasteiger partial charge is 0.309 e. The predicted octanol–water partition coefficient (Wildman–Crippen LogP) is 25.4. The topological polar surface area (TPSA) is 88.6 Å². The number of pyridine rings is 3. The molecule has 0 unspecified atom stereocenters. The lowest BCUT2D eigenvalue weighted by Crippen LogP contribution is -2.03. The standard InChI is InChI=1S/C53H33N5.C48H29N5/c1-3-13-34(14-4-1)35-23-25-36(26-24-35)52-42-19-8-11-21-46(42)55-53(56-52)58-47-22-12-9-17-40(47)43-31-37(27-29-48(43)58)38-28-30-49-44(32-38)51-41-18-7-10-20-45(41)54-33-50(51)57(49)39-15-5-2-6-16-39;1-2-10-32(11-3-1)51-44-22-18-31(27-40(44)37-24-25-49-29-47(37)51)30-19-23-45-39(26-30)36-14-7-8-16-42(36)52(45)33-20-21-41-46(28-33)53-43-17-9-6-13-35(43)34-12-4-5-15-38(34)48(53)50-41/h1-33H;1-29H.